The quantitative estimate of drug-likeness (QED) is 0.402. The Balaban J connectivity index is -0.000000282. The molecule has 0 aromatic rings. The first kappa shape index (κ1) is 17.9. The number of hydrogen-bond donors (Lipinski definition) is 2. The van der Waals surface area contributed by atoms with Crippen LogP contribution in [0.5, 0.6) is 0 Å². The number of carbonyl (C=O) groups is 2. The third-order valence-electron chi connectivity index (χ3n) is 2.19. The van der Waals surface area contributed by atoms with Gasteiger partial charge in [-0.2, -0.15) is 0 Å². The van der Waals surface area contributed by atoms with E-state index in [4.69, 9.17) is 10.2 Å². The summed E-state index contributed by atoms with van der Waals surface area (Å²) < 4.78 is 0. The van der Waals surface area contributed by atoms with Crippen LogP contribution in [0.4, 0.5) is 0 Å². The molecule has 86 valence electrons. The molecule has 0 amide bonds. The fourth-order valence-electron chi connectivity index (χ4n) is 1.30. The molecule has 0 saturated heterocycles. The van der Waals surface area contributed by atoms with Gasteiger partial charge in [0.25, 0.3) is 0 Å². The zero-order chi connectivity index (χ0) is 11.0. The van der Waals surface area contributed by atoms with Crippen molar-refractivity contribution in [2.24, 2.45) is 5.92 Å². The topological polar surface area (TPSA) is 74.6 Å². The molecule has 0 bridgehead atoms. The molecule has 4 nitrogen and oxygen atoms in total. The molecular weight excluding hydrogens is 321 g/mol. The van der Waals surface area contributed by atoms with Gasteiger partial charge < -0.3 is 13.1 Å². The summed E-state index contributed by atoms with van der Waals surface area (Å²) in [7, 11) is 0. The van der Waals surface area contributed by atoms with Gasteiger partial charge in [0.1, 0.15) is 0 Å². The van der Waals surface area contributed by atoms with Crippen molar-refractivity contribution in [3.05, 3.63) is 0 Å². The first-order chi connectivity index (χ1) is 6.59. The van der Waals surface area contributed by atoms with Crippen LogP contribution in [0.2, 0.25) is 0 Å². The van der Waals surface area contributed by atoms with Crippen molar-refractivity contribution in [3.63, 3.8) is 0 Å². The molecule has 0 aromatic heterocycles. The van der Waals surface area contributed by atoms with Crippen LogP contribution in [0.3, 0.4) is 0 Å². The summed E-state index contributed by atoms with van der Waals surface area (Å²) in [5.41, 5.74) is 0. The second-order valence-corrected chi connectivity index (χ2v) is 3.43. The van der Waals surface area contributed by atoms with Crippen molar-refractivity contribution in [1.29, 1.82) is 0 Å². The normalized spacial score (nSPS) is 9.73. The molecule has 0 rings (SSSR count). The molecule has 0 saturated carbocycles. The molecule has 0 aliphatic rings. The van der Waals surface area contributed by atoms with Crippen LogP contribution in [-0.4, -0.2) is 71.0 Å². The smallest absolute Gasteiger partial charge is 1.00 e. The molecule has 15 heavy (non-hydrogen) atoms. The minimum absolute atomic E-state index is 0. The van der Waals surface area contributed by atoms with Gasteiger partial charge in [0.05, 0.1) is 0 Å². The number of carboxylic acids is 2. The van der Waals surface area contributed by atoms with Gasteiger partial charge in [-0.25, -0.2) is 0 Å². The third-order valence-corrected chi connectivity index (χ3v) is 2.19. The van der Waals surface area contributed by atoms with Crippen molar-refractivity contribution in [2.75, 3.05) is 0 Å². The first-order valence-electron chi connectivity index (χ1n) is 5.05. The van der Waals surface area contributed by atoms with Gasteiger partial charge in [0.2, 0.25) is 0 Å². The summed E-state index contributed by atoms with van der Waals surface area (Å²) in [6, 6.07) is 0. The van der Waals surface area contributed by atoms with Gasteiger partial charge in [-0.05, 0) is 6.42 Å². The minimum atomic E-state index is -1.23. The Morgan fingerprint density at radius 2 is 1.53 bits per heavy atom. The number of rotatable bonds is 8. The van der Waals surface area contributed by atoms with Crippen LogP contribution < -0.4 is 0 Å². The van der Waals surface area contributed by atoms with Crippen molar-refractivity contribution >= 4 is 60.8 Å². The second-order valence-electron chi connectivity index (χ2n) is 3.43. The van der Waals surface area contributed by atoms with Crippen LogP contribution in [0, 0.1) is 5.92 Å². The van der Waals surface area contributed by atoms with E-state index in [-0.39, 0.29) is 58.2 Å². The van der Waals surface area contributed by atoms with Crippen LogP contribution in [-0.2, 0) is 9.59 Å². The van der Waals surface area contributed by atoms with E-state index in [1.807, 2.05) is 0 Å². The van der Waals surface area contributed by atoms with Crippen LogP contribution in [0.1, 0.15) is 48.3 Å². The molecule has 0 radical (unpaired) electrons. The Morgan fingerprint density at radius 1 is 1.07 bits per heavy atom. The van der Waals surface area contributed by atoms with E-state index in [9.17, 15) is 9.59 Å². The summed E-state index contributed by atoms with van der Waals surface area (Å²) in [6.07, 6.45) is 5.16. The summed E-state index contributed by atoms with van der Waals surface area (Å²) in [6.45, 7) is 2.09. The Bertz CT molecular complexity index is 189. The Morgan fingerprint density at radius 3 is 1.93 bits per heavy atom. The van der Waals surface area contributed by atoms with Gasteiger partial charge in [-0.15, -0.1) is 0 Å². The van der Waals surface area contributed by atoms with E-state index in [1.54, 1.807) is 0 Å². The fraction of sp³-hybridized carbons (Fsp3) is 0.800. The van der Waals surface area contributed by atoms with Crippen LogP contribution in [0.15, 0.2) is 0 Å². The van der Waals surface area contributed by atoms with Gasteiger partial charge in [0, 0.05) is 0 Å². The Labute approximate surface area is 133 Å². The van der Waals surface area contributed by atoms with Gasteiger partial charge in [-0.1, -0.05) is 39.0 Å². The van der Waals surface area contributed by atoms with Gasteiger partial charge >= 0.3 is 60.8 Å². The Kier molecular flexibility index (Phi) is 13.1. The number of carboxylic acid groups (broad SMARTS) is 2. The maximum atomic E-state index is 10.5. The van der Waals surface area contributed by atoms with E-state index in [1.165, 1.54) is 0 Å². The van der Waals surface area contributed by atoms with E-state index in [2.05, 4.69) is 6.92 Å². The molecule has 0 aliphatic heterocycles. The average Bonchev–Trinajstić information content (AvgIpc) is 2.09. The van der Waals surface area contributed by atoms with Gasteiger partial charge in [0.15, 0.2) is 5.92 Å². The van der Waals surface area contributed by atoms with E-state index >= 15 is 0 Å². The molecule has 5 heteroatoms. The van der Waals surface area contributed by atoms with Crippen molar-refractivity contribution < 1.29 is 22.7 Å². The summed E-state index contributed by atoms with van der Waals surface area (Å²) in [5.74, 6) is -3.68. The van der Waals surface area contributed by atoms with Crippen molar-refractivity contribution in [1.82, 2.24) is 0 Å². The molecular formula is C10H20BaO4. The van der Waals surface area contributed by atoms with E-state index < -0.39 is 17.9 Å². The maximum absolute atomic E-state index is 10.5. The standard InChI is InChI=1S/C10H18O4.Ba.2H/c1-2-3-4-5-6-7-8(9(11)12)10(13)14;;;/h8H,2-7H2,1H3,(H,11,12)(H,13,14);;;/q;+2;2*-1. The predicted molar refractivity (Wildman–Crippen MR) is 60.1 cm³/mol. The van der Waals surface area contributed by atoms with Crippen LogP contribution >= 0.6 is 0 Å². The summed E-state index contributed by atoms with van der Waals surface area (Å²) in [4.78, 5) is 21.0. The summed E-state index contributed by atoms with van der Waals surface area (Å²) >= 11 is 0. The average molecular weight is 342 g/mol. The number of unbranched alkanes of at least 4 members (excludes halogenated alkanes) is 4. The van der Waals surface area contributed by atoms with Crippen molar-refractivity contribution in [2.45, 2.75) is 45.4 Å². The van der Waals surface area contributed by atoms with E-state index in [0.29, 0.717) is 6.42 Å². The molecule has 0 heterocycles. The number of aliphatic carboxylic acids is 2. The minimum Gasteiger partial charge on any atom is -1.00 e. The SMILES string of the molecule is CCCCCCCC(C(=O)O)C(=O)O.[Ba+2].[H-].[H-]. The van der Waals surface area contributed by atoms with Crippen molar-refractivity contribution in [3.8, 4) is 0 Å². The Hall–Kier alpha value is 0.511. The molecule has 0 atom stereocenters. The number of hydrogen-bond acceptors (Lipinski definition) is 2. The molecule has 0 aromatic carbocycles. The fourth-order valence-corrected chi connectivity index (χ4v) is 1.30. The second kappa shape index (κ2) is 11.0. The molecule has 2 N–H and O–H groups in total. The predicted octanol–water partition coefficient (Wildman–Crippen LogP) is 1.98. The van der Waals surface area contributed by atoms with E-state index in [0.717, 1.165) is 25.7 Å². The molecule has 0 aliphatic carbocycles. The summed E-state index contributed by atoms with van der Waals surface area (Å²) in [5, 5.41) is 17.1. The third kappa shape index (κ3) is 9.44. The monoisotopic (exact) mass is 342 g/mol. The zero-order valence-corrected chi connectivity index (χ0v) is 13.7. The molecule has 0 spiro atoms. The maximum Gasteiger partial charge on any atom is 2.00 e. The zero-order valence-electron chi connectivity index (χ0n) is 11.2. The van der Waals surface area contributed by atoms with Gasteiger partial charge in [-0.3, -0.25) is 9.59 Å². The molecule has 0 unspecified atom stereocenters. The van der Waals surface area contributed by atoms with Crippen LogP contribution in [0.25, 0.3) is 0 Å². The molecule has 0 fully saturated rings. The largest absolute Gasteiger partial charge is 2.00 e. The first-order valence-corrected chi connectivity index (χ1v) is 5.05.